The Morgan fingerprint density at radius 1 is 1.21 bits per heavy atom. The van der Waals surface area contributed by atoms with Gasteiger partial charge in [0.15, 0.2) is 0 Å². The van der Waals surface area contributed by atoms with Crippen molar-refractivity contribution in [1.29, 1.82) is 0 Å². The second-order valence-electron chi connectivity index (χ2n) is 5.24. The monoisotopic (exact) mass is 325 g/mol. The summed E-state index contributed by atoms with van der Waals surface area (Å²) >= 11 is 3.61. The lowest BCUT2D eigenvalue weighted by molar-refractivity contribution is 0.206. The van der Waals surface area contributed by atoms with E-state index < -0.39 is 0 Å². The molecule has 106 valence electrons. The van der Waals surface area contributed by atoms with E-state index in [0.717, 1.165) is 32.6 Å². The molecule has 1 aromatic rings. The molecule has 1 aliphatic rings. The molecule has 0 saturated carbocycles. The van der Waals surface area contributed by atoms with E-state index in [4.69, 9.17) is 0 Å². The second-order valence-corrected chi connectivity index (χ2v) is 6.09. The second kappa shape index (κ2) is 8.00. The molecule has 0 aromatic heterocycles. The van der Waals surface area contributed by atoms with Gasteiger partial charge < -0.3 is 10.2 Å². The lowest BCUT2D eigenvalue weighted by Crippen LogP contribution is -2.46. The van der Waals surface area contributed by atoms with Crippen molar-refractivity contribution in [2.45, 2.75) is 6.42 Å². The average molecular weight is 326 g/mol. The first kappa shape index (κ1) is 15.0. The van der Waals surface area contributed by atoms with Gasteiger partial charge in [-0.2, -0.15) is 0 Å². The highest BCUT2D eigenvalue weighted by Crippen LogP contribution is 2.16. The number of rotatable bonds is 6. The van der Waals surface area contributed by atoms with Gasteiger partial charge in [0.1, 0.15) is 0 Å². The molecule has 0 atom stereocenters. The minimum Gasteiger partial charge on any atom is -0.314 e. The summed E-state index contributed by atoms with van der Waals surface area (Å²) in [6.07, 6.45) is 1.11. The van der Waals surface area contributed by atoms with Crippen LogP contribution in [0, 0.1) is 0 Å². The van der Waals surface area contributed by atoms with Crippen molar-refractivity contribution in [3.05, 3.63) is 34.3 Å². The van der Waals surface area contributed by atoms with Gasteiger partial charge in [-0.05, 0) is 25.1 Å². The number of piperazine rings is 1. The third kappa shape index (κ3) is 5.22. The normalized spacial score (nSPS) is 17.0. The van der Waals surface area contributed by atoms with Crippen molar-refractivity contribution in [2.24, 2.45) is 0 Å². The van der Waals surface area contributed by atoms with Crippen LogP contribution in [0.2, 0.25) is 0 Å². The van der Waals surface area contributed by atoms with E-state index in [2.05, 4.69) is 62.4 Å². The van der Waals surface area contributed by atoms with Gasteiger partial charge in [-0.15, -0.1) is 0 Å². The highest BCUT2D eigenvalue weighted by atomic mass is 79.9. The third-order valence-electron chi connectivity index (χ3n) is 3.73. The summed E-state index contributed by atoms with van der Waals surface area (Å²) in [5.74, 6) is 0. The number of nitrogens with zero attached hydrogens (tertiary/aromatic N) is 2. The van der Waals surface area contributed by atoms with E-state index in [1.807, 2.05) is 0 Å². The Morgan fingerprint density at radius 2 is 1.95 bits per heavy atom. The van der Waals surface area contributed by atoms with Crippen molar-refractivity contribution in [1.82, 2.24) is 15.1 Å². The Hall–Kier alpha value is -0.420. The highest BCUT2D eigenvalue weighted by molar-refractivity contribution is 9.10. The zero-order chi connectivity index (χ0) is 13.5. The summed E-state index contributed by atoms with van der Waals surface area (Å²) in [4.78, 5) is 4.98. The van der Waals surface area contributed by atoms with Crippen LogP contribution in [0.4, 0.5) is 0 Å². The minimum absolute atomic E-state index is 1.11. The molecule has 1 fully saturated rings. The summed E-state index contributed by atoms with van der Waals surface area (Å²) in [6, 6.07) is 8.51. The maximum absolute atomic E-state index is 3.61. The van der Waals surface area contributed by atoms with E-state index in [-0.39, 0.29) is 0 Å². The van der Waals surface area contributed by atoms with Crippen molar-refractivity contribution >= 4 is 15.9 Å². The van der Waals surface area contributed by atoms with Crippen molar-refractivity contribution in [2.75, 3.05) is 52.9 Å². The Labute approximate surface area is 125 Å². The maximum atomic E-state index is 3.61. The topological polar surface area (TPSA) is 18.5 Å². The number of hydrogen-bond acceptors (Lipinski definition) is 3. The van der Waals surface area contributed by atoms with Gasteiger partial charge in [0.05, 0.1) is 0 Å². The molecule has 4 heteroatoms. The number of likely N-dealkylation sites (N-methyl/N-ethyl adjacent to an activating group) is 1. The van der Waals surface area contributed by atoms with Gasteiger partial charge in [0, 0.05) is 50.3 Å². The van der Waals surface area contributed by atoms with Crippen LogP contribution in [0.25, 0.3) is 0 Å². The minimum atomic E-state index is 1.11. The van der Waals surface area contributed by atoms with Gasteiger partial charge >= 0.3 is 0 Å². The van der Waals surface area contributed by atoms with Crippen LogP contribution >= 0.6 is 15.9 Å². The molecule has 0 unspecified atom stereocenters. The standard InChI is InChI=1S/C15H24BrN3/c1-18(12-13-19-10-7-17-8-11-19)9-6-14-4-2-3-5-15(14)16/h2-5,17H,6-13H2,1H3. The van der Waals surface area contributed by atoms with Crippen LogP contribution in [-0.2, 0) is 6.42 Å². The average Bonchev–Trinajstić information content (AvgIpc) is 2.45. The van der Waals surface area contributed by atoms with Gasteiger partial charge in [0.25, 0.3) is 0 Å². The molecule has 1 N–H and O–H groups in total. The van der Waals surface area contributed by atoms with E-state index in [9.17, 15) is 0 Å². The first-order chi connectivity index (χ1) is 9.25. The number of halogens is 1. The molecule has 19 heavy (non-hydrogen) atoms. The molecule has 1 saturated heterocycles. The lowest BCUT2D eigenvalue weighted by atomic mass is 10.1. The van der Waals surface area contributed by atoms with Crippen LogP contribution in [0.5, 0.6) is 0 Å². The van der Waals surface area contributed by atoms with Crippen LogP contribution in [0.1, 0.15) is 5.56 Å². The Balaban J connectivity index is 1.66. The fraction of sp³-hybridized carbons (Fsp3) is 0.600. The Morgan fingerprint density at radius 3 is 2.68 bits per heavy atom. The van der Waals surface area contributed by atoms with Crippen molar-refractivity contribution in [3.63, 3.8) is 0 Å². The molecule has 1 heterocycles. The number of nitrogens with one attached hydrogen (secondary N) is 1. The first-order valence-corrected chi connectivity index (χ1v) is 7.90. The van der Waals surface area contributed by atoms with Crippen LogP contribution in [0.15, 0.2) is 28.7 Å². The van der Waals surface area contributed by atoms with Crippen LogP contribution in [-0.4, -0.2) is 62.7 Å². The van der Waals surface area contributed by atoms with Crippen LogP contribution < -0.4 is 5.32 Å². The SMILES string of the molecule is CN(CCc1ccccc1Br)CCN1CCNCC1. The van der Waals surface area contributed by atoms with Crippen LogP contribution in [0.3, 0.4) is 0 Å². The lowest BCUT2D eigenvalue weighted by Gasteiger charge is -2.29. The summed E-state index contributed by atoms with van der Waals surface area (Å²) in [6.45, 7) is 8.13. The van der Waals surface area contributed by atoms with E-state index in [1.165, 1.54) is 29.7 Å². The smallest absolute Gasteiger partial charge is 0.0207 e. The molecule has 0 amide bonds. The molecule has 0 bridgehead atoms. The summed E-state index contributed by atoms with van der Waals surface area (Å²) in [5, 5.41) is 3.39. The van der Waals surface area contributed by atoms with Gasteiger partial charge in [0.2, 0.25) is 0 Å². The summed E-state index contributed by atoms with van der Waals surface area (Å²) < 4.78 is 1.23. The van der Waals surface area contributed by atoms with Gasteiger partial charge in [-0.3, -0.25) is 4.90 Å². The van der Waals surface area contributed by atoms with E-state index >= 15 is 0 Å². The fourth-order valence-electron chi connectivity index (χ4n) is 2.37. The number of hydrogen-bond donors (Lipinski definition) is 1. The molecular formula is C15H24BrN3. The predicted octanol–water partition coefficient (Wildman–Crippen LogP) is 1.83. The molecule has 0 aliphatic carbocycles. The van der Waals surface area contributed by atoms with Gasteiger partial charge in [-0.1, -0.05) is 34.1 Å². The molecule has 1 aromatic carbocycles. The van der Waals surface area contributed by atoms with Crippen molar-refractivity contribution < 1.29 is 0 Å². The third-order valence-corrected chi connectivity index (χ3v) is 4.50. The predicted molar refractivity (Wildman–Crippen MR) is 84.7 cm³/mol. The Kier molecular flexibility index (Phi) is 6.31. The highest BCUT2D eigenvalue weighted by Gasteiger charge is 2.10. The van der Waals surface area contributed by atoms with Crippen molar-refractivity contribution in [3.8, 4) is 0 Å². The maximum Gasteiger partial charge on any atom is 0.0207 e. The quantitative estimate of drug-likeness (QED) is 0.860. The molecule has 0 radical (unpaired) electrons. The molecule has 0 spiro atoms. The zero-order valence-electron chi connectivity index (χ0n) is 11.7. The molecule has 3 nitrogen and oxygen atoms in total. The summed E-state index contributed by atoms with van der Waals surface area (Å²) in [7, 11) is 2.22. The molecule has 1 aliphatic heterocycles. The Bertz CT molecular complexity index is 377. The fourth-order valence-corrected chi connectivity index (χ4v) is 2.85. The van der Waals surface area contributed by atoms with E-state index in [1.54, 1.807) is 0 Å². The molecular weight excluding hydrogens is 302 g/mol. The van der Waals surface area contributed by atoms with E-state index in [0.29, 0.717) is 0 Å². The summed E-state index contributed by atoms with van der Waals surface area (Å²) in [5.41, 5.74) is 1.40. The molecule has 2 rings (SSSR count). The largest absolute Gasteiger partial charge is 0.314 e. The zero-order valence-corrected chi connectivity index (χ0v) is 13.3. The number of benzene rings is 1. The van der Waals surface area contributed by atoms with Gasteiger partial charge in [-0.25, -0.2) is 0 Å². The first-order valence-electron chi connectivity index (χ1n) is 7.11.